The molecular formula is C14H18O3. The molecule has 0 fully saturated rings. The summed E-state index contributed by atoms with van der Waals surface area (Å²) < 4.78 is 10.3. The molecule has 0 bridgehead atoms. The van der Waals surface area contributed by atoms with Crippen LogP contribution in [-0.4, -0.2) is 11.8 Å². The van der Waals surface area contributed by atoms with Crippen LogP contribution in [-0.2, 0) is 9.47 Å². The van der Waals surface area contributed by atoms with Crippen LogP contribution in [0.4, 0.5) is 4.79 Å². The van der Waals surface area contributed by atoms with Gasteiger partial charge in [0.15, 0.2) is 0 Å². The smallest absolute Gasteiger partial charge is 0.429 e. The Morgan fingerprint density at radius 3 is 2.35 bits per heavy atom. The number of carbonyl (C=O) groups excluding carboxylic acids is 1. The van der Waals surface area contributed by atoms with E-state index in [2.05, 4.69) is 6.58 Å². The van der Waals surface area contributed by atoms with Gasteiger partial charge in [-0.2, -0.15) is 0 Å². The van der Waals surface area contributed by atoms with Crippen LogP contribution in [0.2, 0.25) is 0 Å². The molecule has 0 N–H and O–H groups in total. The summed E-state index contributed by atoms with van der Waals surface area (Å²) in [6, 6.07) is 9.40. The molecule has 92 valence electrons. The SMILES string of the molecule is C=C[C@@H](OC(=O)OC(C)(C)C)c1ccccc1. The van der Waals surface area contributed by atoms with Crippen LogP contribution < -0.4 is 0 Å². The number of ether oxygens (including phenoxy) is 2. The minimum Gasteiger partial charge on any atom is -0.429 e. The van der Waals surface area contributed by atoms with Gasteiger partial charge in [0.2, 0.25) is 0 Å². The fourth-order valence-electron chi connectivity index (χ4n) is 1.27. The molecule has 0 heterocycles. The molecule has 0 aliphatic heterocycles. The Balaban J connectivity index is 2.66. The Labute approximate surface area is 102 Å². The van der Waals surface area contributed by atoms with Gasteiger partial charge >= 0.3 is 6.16 Å². The molecule has 3 heteroatoms. The van der Waals surface area contributed by atoms with Crippen molar-refractivity contribution in [2.45, 2.75) is 32.5 Å². The molecule has 0 aromatic heterocycles. The quantitative estimate of drug-likeness (QED) is 0.588. The van der Waals surface area contributed by atoms with E-state index in [4.69, 9.17) is 9.47 Å². The molecule has 0 amide bonds. The van der Waals surface area contributed by atoms with Crippen molar-refractivity contribution in [2.24, 2.45) is 0 Å². The normalized spacial score (nSPS) is 12.6. The summed E-state index contributed by atoms with van der Waals surface area (Å²) in [6.45, 7) is 9.03. The third kappa shape index (κ3) is 4.72. The van der Waals surface area contributed by atoms with Crippen LogP contribution >= 0.6 is 0 Å². The average molecular weight is 234 g/mol. The Bertz CT molecular complexity index is 376. The maximum absolute atomic E-state index is 11.5. The number of benzene rings is 1. The van der Waals surface area contributed by atoms with E-state index < -0.39 is 17.9 Å². The van der Waals surface area contributed by atoms with Crippen molar-refractivity contribution < 1.29 is 14.3 Å². The summed E-state index contributed by atoms with van der Waals surface area (Å²) >= 11 is 0. The molecule has 0 spiro atoms. The lowest BCUT2D eigenvalue weighted by atomic mass is 10.1. The lowest BCUT2D eigenvalue weighted by Gasteiger charge is -2.21. The third-order valence-electron chi connectivity index (χ3n) is 1.95. The Hall–Kier alpha value is -1.77. The molecular weight excluding hydrogens is 216 g/mol. The lowest BCUT2D eigenvalue weighted by Crippen LogP contribution is -2.25. The second-order valence-electron chi connectivity index (χ2n) is 4.65. The highest BCUT2D eigenvalue weighted by Crippen LogP contribution is 2.20. The van der Waals surface area contributed by atoms with Gasteiger partial charge in [-0.1, -0.05) is 36.9 Å². The van der Waals surface area contributed by atoms with Gasteiger partial charge in [0.05, 0.1) is 0 Å². The zero-order valence-corrected chi connectivity index (χ0v) is 10.5. The topological polar surface area (TPSA) is 35.5 Å². The van der Waals surface area contributed by atoms with Crippen molar-refractivity contribution in [3.8, 4) is 0 Å². The van der Waals surface area contributed by atoms with Gasteiger partial charge in [0.25, 0.3) is 0 Å². The predicted molar refractivity (Wildman–Crippen MR) is 66.7 cm³/mol. The van der Waals surface area contributed by atoms with E-state index in [0.29, 0.717) is 0 Å². The van der Waals surface area contributed by atoms with E-state index in [0.717, 1.165) is 5.56 Å². The van der Waals surface area contributed by atoms with Crippen molar-refractivity contribution in [3.63, 3.8) is 0 Å². The molecule has 1 rings (SSSR count). The monoisotopic (exact) mass is 234 g/mol. The molecule has 0 saturated carbocycles. The number of rotatable bonds is 3. The summed E-state index contributed by atoms with van der Waals surface area (Å²) in [5.41, 5.74) is 0.313. The molecule has 0 aliphatic carbocycles. The summed E-state index contributed by atoms with van der Waals surface area (Å²) in [4.78, 5) is 11.5. The van der Waals surface area contributed by atoms with Crippen molar-refractivity contribution in [1.29, 1.82) is 0 Å². The Morgan fingerprint density at radius 2 is 1.88 bits per heavy atom. The van der Waals surface area contributed by atoms with E-state index in [9.17, 15) is 4.79 Å². The predicted octanol–water partition coefficient (Wildman–Crippen LogP) is 3.87. The largest absolute Gasteiger partial charge is 0.509 e. The van der Waals surface area contributed by atoms with Crippen LogP contribution in [0.5, 0.6) is 0 Å². The van der Waals surface area contributed by atoms with Gasteiger partial charge in [-0.15, -0.1) is 0 Å². The van der Waals surface area contributed by atoms with Crippen molar-refractivity contribution in [2.75, 3.05) is 0 Å². The minimum absolute atomic E-state index is 0.481. The van der Waals surface area contributed by atoms with Crippen molar-refractivity contribution in [1.82, 2.24) is 0 Å². The lowest BCUT2D eigenvalue weighted by molar-refractivity contribution is -0.0188. The van der Waals surface area contributed by atoms with Gasteiger partial charge < -0.3 is 9.47 Å². The zero-order chi connectivity index (χ0) is 12.9. The summed E-state index contributed by atoms with van der Waals surface area (Å²) in [7, 11) is 0. The first kappa shape index (κ1) is 13.3. The first-order chi connectivity index (χ1) is 7.92. The van der Waals surface area contributed by atoms with Crippen molar-refractivity contribution in [3.05, 3.63) is 48.6 Å². The maximum atomic E-state index is 11.5. The minimum atomic E-state index is -0.689. The first-order valence-electron chi connectivity index (χ1n) is 5.49. The molecule has 0 radical (unpaired) electrons. The Morgan fingerprint density at radius 1 is 1.29 bits per heavy atom. The molecule has 0 unspecified atom stereocenters. The zero-order valence-electron chi connectivity index (χ0n) is 10.5. The third-order valence-corrected chi connectivity index (χ3v) is 1.95. The number of carbonyl (C=O) groups is 1. The second kappa shape index (κ2) is 5.53. The maximum Gasteiger partial charge on any atom is 0.509 e. The molecule has 1 atom stereocenters. The van der Waals surface area contributed by atoms with Crippen molar-refractivity contribution >= 4 is 6.16 Å². The fraction of sp³-hybridized carbons (Fsp3) is 0.357. The van der Waals surface area contributed by atoms with Gasteiger partial charge in [-0.25, -0.2) is 4.79 Å². The van der Waals surface area contributed by atoms with E-state index >= 15 is 0 Å². The number of hydrogen-bond donors (Lipinski definition) is 0. The van der Waals surface area contributed by atoms with E-state index in [1.165, 1.54) is 0 Å². The second-order valence-corrected chi connectivity index (χ2v) is 4.65. The average Bonchev–Trinajstić information content (AvgIpc) is 2.24. The summed E-state index contributed by atoms with van der Waals surface area (Å²) in [5.74, 6) is 0. The molecule has 0 saturated heterocycles. The molecule has 1 aromatic rings. The van der Waals surface area contributed by atoms with Gasteiger partial charge in [0.1, 0.15) is 11.7 Å². The highest BCUT2D eigenvalue weighted by atomic mass is 16.7. The first-order valence-corrected chi connectivity index (χ1v) is 5.49. The highest BCUT2D eigenvalue weighted by molar-refractivity contribution is 5.61. The van der Waals surface area contributed by atoms with Crippen LogP contribution in [0.3, 0.4) is 0 Å². The standard InChI is InChI=1S/C14H18O3/c1-5-12(11-9-7-6-8-10-11)16-13(15)17-14(2,3)4/h5-10,12H,1H2,2-4H3/t12-/m1/s1. The highest BCUT2D eigenvalue weighted by Gasteiger charge is 2.20. The Kier molecular flexibility index (Phi) is 4.32. The van der Waals surface area contributed by atoms with Gasteiger partial charge in [0, 0.05) is 0 Å². The van der Waals surface area contributed by atoms with Crippen LogP contribution in [0, 0.1) is 0 Å². The van der Waals surface area contributed by atoms with Crippen LogP contribution in [0.1, 0.15) is 32.4 Å². The number of hydrogen-bond acceptors (Lipinski definition) is 3. The molecule has 3 nitrogen and oxygen atoms in total. The van der Waals surface area contributed by atoms with E-state index in [1.807, 2.05) is 30.3 Å². The summed E-state index contributed by atoms with van der Waals surface area (Å²) in [6.07, 6.45) is 0.400. The van der Waals surface area contributed by atoms with E-state index in [1.54, 1.807) is 26.8 Å². The van der Waals surface area contributed by atoms with Crippen LogP contribution in [0.15, 0.2) is 43.0 Å². The van der Waals surface area contributed by atoms with Crippen LogP contribution in [0.25, 0.3) is 0 Å². The molecule has 0 aliphatic rings. The van der Waals surface area contributed by atoms with E-state index in [-0.39, 0.29) is 0 Å². The molecule has 17 heavy (non-hydrogen) atoms. The van der Waals surface area contributed by atoms with Gasteiger partial charge in [-0.3, -0.25) is 0 Å². The summed E-state index contributed by atoms with van der Waals surface area (Å²) in [5, 5.41) is 0. The molecule has 1 aromatic carbocycles. The van der Waals surface area contributed by atoms with Gasteiger partial charge in [-0.05, 0) is 32.4 Å². The fourth-order valence-corrected chi connectivity index (χ4v) is 1.27.